The maximum absolute atomic E-state index is 14.8. The van der Waals surface area contributed by atoms with Crippen molar-refractivity contribution in [1.82, 2.24) is 4.98 Å². The van der Waals surface area contributed by atoms with Crippen LogP contribution in [0.2, 0.25) is 0 Å². The minimum Gasteiger partial charge on any atom is -0.478 e. The summed E-state index contributed by atoms with van der Waals surface area (Å²) >= 11 is 0. The third kappa shape index (κ3) is 10.5. The Kier molecular flexibility index (Phi) is 13.3. The van der Waals surface area contributed by atoms with Crippen molar-refractivity contribution < 1.29 is 64.9 Å². The van der Waals surface area contributed by atoms with Gasteiger partial charge in [0.1, 0.15) is 40.4 Å². The molecule has 0 bridgehead atoms. The lowest BCUT2D eigenvalue weighted by Gasteiger charge is -2.13. The smallest absolute Gasteiger partial charge is 0.478 e. The number of aryl methyl sites for hydroxylation is 1. The number of nitrogens with one attached hydrogen (secondary N) is 3. The van der Waals surface area contributed by atoms with Crippen molar-refractivity contribution in [2.24, 2.45) is 0 Å². The van der Waals surface area contributed by atoms with E-state index in [1.165, 1.54) is 54.6 Å². The van der Waals surface area contributed by atoms with Crippen LogP contribution in [0.15, 0.2) is 121 Å². The van der Waals surface area contributed by atoms with Gasteiger partial charge in [-0.05, 0) is 107 Å². The van der Waals surface area contributed by atoms with Crippen LogP contribution in [-0.4, -0.2) is 45.3 Å². The number of aromatic nitrogens is 1. The van der Waals surface area contributed by atoms with Crippen LogP contribution in [0, 0.1) is 23.3 Å². The normalized spacial score (nSPS) is 11.0. The number of rotatable bonds is 11. The van der Waals surface area contributed by atoms with Crippen LogP contribution >= 0.6 is 0 Å². The standard InChI is InChI=1S/C25H20F2N2O3.C21H12F5NO4/c1-2-5-15-13-28-22-9-8-14(10-19(15)22)16-11-20(26)23(21(27)12-16)29-24(30)17-6-3-4-7-18(17)25(31)32;22-16-9-12(11-4-3-5-13(8-11)31-21(24,25)26)10-17(23)18(16)27-19(28)14-6-1-2-7-15(14)20(29)30/h3-4,6-13,28H,2,5H2,1H3,(H,29,30)(H,31,32);1-10H,(H,27,28)(H,29,30). The van der Waals surface area contributed by atoms with E-state index in [0.717, 1.165) is 71.8 Å². The Morgan fingerprint density at radius 1 is 0.587 bits per heavy atom. The first-order valence-corrected chi connectivity index (χ1v) is 18.7. The maximum Gasteiger partial charge on any atom is 0.573 e. The van der Waals surface area contributed by atoms with E-state index in [4.69, 9.17) is 5.11 Å². The third-order valence-electron chi connectivity index (χ3n) is 9.39. The number of aromatic carboxylic acids is 2. The van der Waals surface area contributed by atoms with Gasteiger partial charge < -0.3 is 30.6 Å². The van der Waals surface area contributed by atoms with Crippen molar-refractivity contribution >= 4 is 46.0 Å². The molecule has 5 N–H and O–H groups in total. The van der Waals surface area contributed by atoms with E-state index in [0.29, 0.717) is 11.1 Å². The number of aromatic amines is 1. The van der Waals surface area contributed by atoms with Gasteiger partial charge in [0.25, 0.3) is 11.8 Å². The highest BCUT2D eigenvalue weighted by Gasteiger charge is 2.31. The Morgan fingerprint density at radius 2 is 1.05 bits per heavy atom. The summed E-state index contributed by atoms with van der Waals surface area (Å²) in [4.78, 5) is 50.6. The van der Waals surface area contributed by atoms with Gasteiger partial charge in [-0.1, -0.05) is 55.8 Å². The molecule has 0 radical (unpaired) electrons. The molecule has 2 amide bonds. The first kappa shape index (κ1) is 44.6. The molecule has 7 rings (SSSR count). The summed E-state index contributed by atoms with van der Waals surface area (Å²) < 4.78 is 99.6. The lowest BCUT2D eigenvalue weighted by Crippen LogP contribution is -2.18. The number of H-pyrrole nitrogens is 1. The molecular formula is C46H32F7N3O7. The van der Waals surface area contributed by atoms with Crippen molar-refractivity contribution in [2.75, 3.05) is 10.6 Å². The number of benzene rings is 6. The largest absolute Gasteiger partial charge is 0.573 e. The van der Waals surface area contributed by atoms with E-state index in [1.54, 1.807) is 6.07 Å². The van der Waals surface area contributed by atoms with Crippen LogP contribution in [0.4, 0.5) is 42.1 Å². The molecule has 17 heteroatoms. The molecule has 63 heavy (non-hydrogen) atoms. The number of carboxylic acids is 2. The van der Waals surface area contributed by atoms with Gasteiger partial charge in [0.2, 0.25) is 0 Å². The van der Waals surface area contributed by atoms with Gasteiger partial charge in [0, 0.05) is 17.1 Å². The number of alkyl halides is 3. The SMILES string of the molecule is CCCc1c[nH]c2ccc(-c3cc(F)c(NC(=O)c4ccccc4C(=O)O)c(F)c3)cc12.O=C(O)c1ccccc1C(=O)Nc1c(F)cc(-c2cccc(OC(F)(F)F)c2)cc1F. The molecule has 0 spiro atoms. The van der Waals surface area contributed by atoms with Crippen LogP contribution in [0.5, 0.6) is 5.75 Å². The van der Waals surface area contributed by atoms with E-state index in [-0.39, 0.29) is 33.4 Å². The van der Waals surface area contributed by atoms with E-state index in [1.807, 2.05) is 23.6 Å². The molecule has 1 aromatic heterocycles. The highest BCUT2D eigenvalue weighted by atomic mass is 19.4. The van der Waals surface area contributed by atoms with Gasteiger partial charge in [0.05, 0.1) is 22.3 Å². The molecule has 0 unspecified atom stereocenters. The molecule has 0 atom stereocenters. The fourth-order valence-corrected chi connectivity index (χ4v) is 6.52. The molecule has 1 heterocycles. The summed E-state index contributed by atoms with van der Waals surface area (Å²) in [5.74, 6) is -9.58. The van der Waals surface area contributed by atoms with Crippen molar-refractivity contribution in [3.05, 3.63) is 173 Å². The zero-order valence-electron chi connectivity index (χ0n) is 32.5. The number of amides is 2. The Bertz CT molecular complexity index is 2850. The lowest BCUT2D eigenvalue weighted by atomic mass is 10.0. The first-order valence-electron chi connectivity index (χ1n) is 18.7. The van der Waals surface area contributed by atoms with Crippen LogP contribution in [0.25, 0.3) is 33.2 Å². The molecule has 10 nitrogen and oxygen atoms in total. The highest BCUT2D eigenvalue weighted by molar-refractivity contribution is 6.11. The highest BCUT2D eigenvalue weighted by Crippen LogP contribution is 2.33. The first-order chi connectivity index (χ1) is 29.9. The average Bonchev–Trinajstić information content (AvgIpc) is 3.64. The minimum atomic E-state index is -4.94. The van der Waals surface area contributed by atoms with Crippen LogP contribution < -0.4 is 15.4 Å². The number of carboxylic acid groups (broad SMARTS) is 2. The average molecular weight is 872 g/mol. The molecule has 0 saturated heterocycles. The Labute approximate surface area is 352 Å². The van der Waals surface area contributed by atoms with Crippen molar-refractivity contribution in [2.45, 2.75) is 26.1 Å². The van der Waals surface area contributed by atoms with Crippen molar-refractivity contribution in [3.8, 4) is 28.0 Å². The number of fused-ring (bicyclic) bond motifs is 1. The van der Waals surface area contributed by atoms with Gasteiger partial charge in [0.15, 0.2) is 0 Å². The zero-order chi connectivity index (χ0) is 45.6. The molecule has 322 valence electrons. The number of carbonyl (C=O) groups is 4. The Balaban J connectivity index is 0.000000210. The Hall–Kier alpha value is -7.95. The van der Waals surface area contributed by atoms with E-state index >= 15 is 0 Å². The summed E-state index contributed by atoms with van der Waals surface area (Å²) in [6.45, 7) is 2.08. The van der Waals surface area contributed by atoms with E-state index in [2.05, 4.69) is 22.0 Å². The molecule has 0 aliphatic heterocycles. The molecule has 0 fully saturated rings. The third-order valence-corrected chi connectivity index (χ3v) is 9.39. The minimum absolute atomic E-state index is 0.0358. The fraction of sp³-hybridized carbons (Fsp3) is 0.0870. The molecule has 7 aromatic rings. The van der Waals surface area contributed by atoms with Crippen LogP contribution in [0.3, 0.4) is 0 Å². The molecular weight excluding hydrogens is 840 g/mol. The molecule has 6 aromatic carbocycles. The second-order valence-electron chi connectivity index (χ2n) is 13.6. The van der Waals surface area contributed by atoms with Gasteiger partial charge in [-0.25, -0.2) is 27.2 Å². The number of carbonyl (C=O) groups excluding carboxylic acids is 2. The van der Waals surface area contributed by atoms with E-state index in [9.17, 15) is 55.0 Å². The number of ether oxygens (including phenoxy) is 1. The summed E-state index contributed by atoms with van der Waals surface area (Å²) in [6.07, 6.45) is -1.14. The predicted octanol–water partition coefficient (Wildman–Crippen LogP) is 11.5. The summed E-state index contributed by atoms with van der Waals surface area (Å²) in [5, 5.41) is 23.5. The fourth-order valence-electron chi connectivity index (χ4n) is 6.52. The summed E-state index contributed by atoms with van der Waals surface area (Å²) in [7, 11) is 0. The van der Waals surface area contributed by atoms with Gasteiger partial charge >= 0.3 is 18.3 Å². The van der Waals surface area contributed by atoms with E-state index < -0.39 is 70.5 Å². The summed E-state index contributed by atoms with van der Waals surface area (Å²) in [6, 6.07) is 24.5. The molecule has 0 aliphatic carbocycles. The number of halogens is 7. The second kappa shape index (κ2) is 18.8. The van der Waals surface area contributed by atoms with Gasteiger partial charge in [-0.15, -0.1) is 13.2 Å². The Morgan fingerprint density at radius 3 is 1.49 bits per heavy atom. The van der Waals surface area contributed by atoms with Gasteiger partial charge in [-0.3, -0.25) is 9.59 Å². The maximum atomic E-state index is 14.8. The number of hydrogen-bond donors (Lipinski definition) is 5. The second-order valence-corrected chi connectivity index (χ2v) is 13.6. The molecule has 0 saturated carbocycles. The monoisotopic (exact) mass is 871 g/mol. The quantitative estimate of drug-likeness (QED) is 0.0810. The van der Waals surface area contributed by atoms with Crippen molar-refractivity contribution in [1.29, 1.82) is 0 Å². The topological polar surface area (TPSA) is 158 Å². The van der Waals surface area contributed by atoms with Crippen LogP contribution in [0.1, 0.15) is 60.3 Å². The van der Waals surface area contributed by atoms with Gasteiger partial charge in [-0.2, -0.15) is 0 Å². The van der Waals surface area contributed by atoms with Crippen molar-refractivity contribution in [3.63, 3.8) is 0 Å². The number of anilines is 2. The zero-order valence-corrected chi connectivity index (χ0v) is 32.5. The summed E-state index contributed by atoms with van der Waals surface area (Å²) in [5.41, 5.74) is 0.384. The predicted molar refractivity (Wildman–Crippen MR) is 219 cm³/mol. The lowest BCUT2D eigenvalue weighted by molar-refractivity contribution is -0.274. The number of hydrogen-bond acceptors (Lipinski definition) is 5. The molecule has 0 aliphatic rings. The van der Waals surface area contributed by atoms with Crippen LogP contribution in [-0.2, 0) is 6.42 Å².